The molecule has 0 saturated carbocycles. The molecule has 0 unspecified atom stereocenters. The molecule has 2 rings (SSSR count). The number of nitrogens with zero attached hydrogens (tertiary/aromatic N) is 1. The van der Waals surface area contributed by atoms with Gasteiger partial charge in [-0.2, -0.15) is 0 Å². The minimum Gasteiger partial charge on any atom is -0.469 e. The summed E-state index contributed by atoms with van der Waals surface area (Å²) < 4.78 is 4.77. The molecule has 0 aliphatic carbocycles. The second-order valence-electron chi connectivity index (χ2n) is 5.90. The SMILES string of the molecule is COC(=O)C1CCN(C(=O)C2(C)CCNCC2)CC1. The van der Waals surface area contributed by atoms with Gasteiger partial charge < -0.3 is 15.0 Å². The van der Waals surface area contributed by atoms with Crippen LogP contribution in [0.25, 0.3) is 0 Å². The highest BCUT2D eigenvalue weighted by Gasteiger charge is 2.39. The second-order valence-corrected chi connectivity index (χ2v) is 5.90. The van der Waals surface area contributed by atoms with E-state index in [4.69, 9.17) is 4.74 Å². The number of piperidine rings is 2. The maximum Gasteiger partial charge on any atom is 0.308 e. The lowest BCUT2D eigenvalue weighted by Crippen LogP contribution is -2.50. The van der Waals surface area contributed by atoms with Crippen LogP contribution in [-0.2, 0) is 14.3 Å². The number of amides is 1. The molecule has 2 heterocycles. The van der Waals surface area contributed by atoms with E-state index in [-0.39, 0.29) is 23.2 Å². The van der Waals surface area contributed by atoms with Crippen LogP contribution in [0, 0.1) is 11.3 Å². The molecule has 5 nitrogen and oxygen atoms in total. The molecule has 2 saturated heterocycles. The van der Waals surface area contributed by atoms with Gasteiger partial charge in [-0.25, -0.2) is 0 Å². The van der Waals surface area contributed by atoms with Gasteiger partial charge in [-0.15, -0.1) is 0 Å². The second kappa shape index (κ2) is 5.90. The molecule has 0 spiro atoms. The third-order valence-corrected chi connectivity index (χ3v) is 4.54. The van der Waals surface area contributed by atoms with E-state index in [0.717, 1.165) is 38.8 Å². The highest BCUT2D eigenvalue weighted by molar-refractivity contribution is 5.83. The zero-order valence-corrected chi connectivity index (χ0v) is 11.9. The summed E-state index contributed by atoms with van der Waals surface area (Å²) in [5.74, 6) is 0.0902. The third kappa shape index (κ3) is 3.08. The number of nitrogens with one attached hydrogen (secondary N) is 1. The summed E-state index contributed by atoms with van der Waals surface area (Å²) in [6.07, 6.45) is 3.27. The number of carbonyl (C=O) groups is 2. The summed E-state index contributed by atoms with van der Waals surface area (Å²) in [5.41, 5.74) is -0.219. The van der Waals surface area contributed by atoms with Gasteiger partial charge in [0.15, 0.2) is 0 Å². The molecule has 2 fully saturated rings. The van der Waals surface area contributed by atoms with Gasteiger partial charge >= 0.3 is 5.97 Å². The average molecular weight is 268 g/mol. The van der Waals surface area contributed by atoms with E-state index in [1.54, 1.807) is 0 Å². The summed E-state index contributed by atoms with van der Waals surface area (Å²) in [7, 11) is 1.43. The molecule has 0 aromatic carbocycles. The average Bonchev–Trinajstić information content (AvgIpc) is 2.46. The Morgan fingerprint density at radius 2 is 1.79 bits per heavy atom. The first-order chi connectivity index (χ1) is 9.07. The molecule has 0 radical (unpaired) electrons. The van der Waals surface area contributed by atoms with Crippen molar-refractivity contribution in [2.75, 3.05) is 33.3 Å². The van der Waals surface area contributed by atoms with Gasteiger partial charge in [0.25, 0.3) is 0 Å². The fraction of sp³-hybridized carbons (Fsp3) is 0.857. The van der Waals surface area contributed by atoms with Crippen molar-refractivity contribution in [2.24, 2.45) is 11.3 Å². The number of likely N-dealkylation sites (tertiary alicyclic amines) is 1. The number of methoxy groups -OCH3 is 1. The lowest BCUT2D eigenvalue weighted by molar-refractivity contribution is -0.151. The summed E-state index contributed by atoms with van der Waals surface area (Å²) in [5, 5.41) is 3.30. The van der Waals surface area contributed by atoms with Crippen molar-refractivity contribution in [3.63, 3.8) is 0 Å². The summed E-state index contributed by atoms with van der Waals surface area (Å²) in [6, 6.07) is 0. The van der Waals surface area contributed by atoms with E-state index in [1.165, 1.54) is 7.11 Å². The van der Waals surface area contributed by atoms with E-state index in [9.17, 15) is 9.59 Å². The Hall–Kier alpha value is -1.10. The molecule has 0 aromatic rings. The Kier molecular flexibility index (Phi) is 4.45. The monoisotopic (exact) mass is 268 g/mol. The number of hydrogen-bond donors (Lipinski definition) is 1. The number of carbonyl (C=O) groups excluding carboxylic acids is 2. The zero-order valence-electron chi connectivity index (χ0n) is 11.9. The van der Waals surface area contributed by atoms with Crippen molar-refractivity contribution in [2.45, 2.75) is 32.6 Å². The molecule has 0 bridgehead atoms. The lowest BCUT2D eigenvalue weighted by Gasteiger charge is -2.40. The van der Waals surface area contributed by atoms with Crippen LogP contribution in [0.1, 0.15) is 32.6 Å². The molecule has 19 heavy (non-hydrogen) atoms. The summed E-state index contributed by atoms with van der Waals surface area (Å²) in [6.45, 7) is 5.27. The molecular formula is C14H24N2O3. The number of ether oxygens (including phenoxy) is 1. The minimum atomic E-state index is -0.219. The number of rotatable bonds is 2. The van der Waals surface area contributed by atoms with Crippen LogP contribution in [0.15, 0.2) is 0 Å². The van der Waals surface area contributed by atoms with Crippen LogP contribution in [-0.4, -0.2) is 50.1 Å². The van der Waals surface area contributed by atoms with Crippen molar-refractivity contribution < 1.29 is 14.3 Å². The van der Waals surface area contributed by atoms with Crippen molar-refractivity contribution in [3.8, 4) is 0 Å². The maximum absolute atomic E-state index is 12.6. The van der Waals surface area contributed by atoms with Crippen LogP contribution in [0.2, 0.25) is 0 Å². The van der Waals surface area contributed by atoms with Gasteiger partial charge in [-0.3, -0.25) is 9.59 Å². The zero-order chi connectivity index (χ0) is 13.9. The van der Waals surface area contributed by atoms with Crippen LogP contribution in [0.5, 0.6) is 0 Å². The summed E-state index contributed by atoms with van der Waals surface area (Å²) >= 11 is 0. The predicted molar refractivity (Wildman–Crippen MR) is 71.5 cm³/mol. The standard InChI is InChI=1S/C14H24N2O3/c1-14(5-7-15-8-6-14)13(18)16-9-3-11(4-10-16)12(17)19-2/h11,15H,3-10H2,1-2H3. The molecule has 2 aliphatic heterocycles. The molecule has 1 amide bonds. The smallest absolute Gasteiger partial charge is 0.308 e. The fourth-order valence-corrected chi connectivity index (χ4v) is 3.06. The van der Waals surface area contributed by atoms with Gasteiger partial charge in [0, 0.05) is 18.5 Å². The molecule has 108 valence electrons. The number of hydrogen-bond acceptors (Lipinski definition) is 4. The van der Waals surface area contributed by atoms with Gasteiger partial charge in [0.2, 0.25) is 5.91 Å². The molecule has 2 aliphatic rings. The van der Waals surface area contributed by atoms with E-state index in [0.29, 0.717) is 13.1 Å². The van der Waals surface area contributed by atoms with E-state index in [1.807, 2.05) is 4.90 Å². The minimum absolute atomic E-state index is 0.0325. The third-order valence-electron chi connectivity index (χ3n) is 4.54. The Bertz CT molecular complexity index is 343. The van der Waals surface area contributed by atoms with Crippen LogP contribution in [0.3, 0.4) is 0 Å². The van der Waals surface area contributed by atoms with Gasteiger partial charge in [-0.05, 0) is 38.8 Å². The van der Waals surface area contributed by atoms with Crippen LogP contribution >= 0.6 is 0 Å². The highest BCUT2D eigenvalue weighted by atomic mass is 16.5. The van der Waals surface area contributed by atoms with Gasteiger partial charge in [0.05, 0.1) is 13.0 Å². The Balaban J connectivity index is 1.90. The van der Waals surface area contributed by atoms with Crippen LogP contribution in [0.4, 0.5) is 0 Å². The highest BCUT2D eigenvalue weighted by Crippen LogP contribution is 2.32. The molecular weight excluding hydrogens is 244 g/mol. The lowest BCUT2D eigenvalue weighted by atomic mass is 9.79. The maximum atomic E-state index is 12.6. The van der Waals surface area contributed by atoms with Crippen molar-refractivity contribution >= 4 is 11.9 Å². The van der Waals surface area contributed by atoms with E-state index in [2.05, 4.69) is 12.2 Å². The van der Waals surface area contributed by atoms with E-state index >= 15 is 0 Å². The van der Waals surface area contributed by atoms with E-state index < -0.39 is 0 Å². The first kappa shape index (κ1) is 14.3. The van der Waals surface area contributed by atoms with Crippen LogP contribution < -0.4 is 5.32 Å². The molecule has 1 N–H and O–H groups in total. The molecule has 0 atom stereocenters. The Morgan fingerprint density at radius 3 is 2.32 bits per heavy atom. The predicted octanol–water partition coefficient (Wildman–Crippen LogP) is 0.788. The first-order valence-electron chi connectivity index (χ1n) is 7.15. The molecule has 5 heteroatoms. The van der Waals surface area contributed by atoms with Gasteiger partial charge in [-0.1, -0.05) is 6.92 Å². The van der Waals surface area contributed by atoms with Crippen molar-refractivity contribution in [1.29, 1.82) is 0 Å². The first-order valence-corrected chi connectivity index (χ1v) is 7.15. The Morgan fingerprint density at radius 1 is 1.21 bits per heavy atom. The quantitative estimate of drug-likeness (QED) is 0.752. The number of esters is 1. The van der Waals surface area contributed by atoms with Crippen molar-refractivity contribution in [3.05, 3.63) is 0 Å². The van der Waals surface area contributed by atoms with Crippen molar-refractivity contribution in [1.82, 2.24) is 10.2 Å². The molecule has 0 aromatic heterocycles. The normalized spacial score (nSPS) is 24.0. The summed E-state index contributed by atoms with van der Waals surface area (Å²) in [4.78, 5) is 26.0. The topological polar surface area (TPSA) is 58.6 Å². The largest absolute Gasteiger partial charge is 0.469 e. The fourth-order valence-electron chi connectivity index (χ4n) is 3.06. The Labute approximate surface area is 114 Å². The van der Waals surface area contributed by atoms with Gasteiger partial charge in [0.1, 0.15) is 0 Å².